The van der Waals surface area contributed by atoms with Gasteiger partial charge in [0.05, 0.1) is 24.4 Å². The van der Waals surface area contributed by atoms with Crippen molar-refractivity contribution in [2.45, 2.75) is 117 Å². The number of urea groups is 1. The molecule has 1 aliphatic heterocycles. The van der Waals surface area contributed by atoms with Gasteiger partial charge in [0.1, 0.15) is 0 Å². The number of benzene rings is 1. The summed E-state index contributed by atoms with van der Waals surface area (Å²) in [5, 5.41) is 23.5. The number of carbonyl (C=O) groups excluding carboxylic acids is 1. The molecule has 7 rings (SSSR count). The number of hydrogen-bond acceptors (Lipinski definition) is 4. The van der Waals surface area contributed by atoms with E-state index in [1.54, 1.807) is 4.90 Å². The number of rotatable bonds is 4. The Balaban J connectivity index is 1.16. The molecule has 5 saturated carbocycles. The Labute approximate surface area is 259 Å². The summed E-state index contributed by atoms with van der Waals surface area (Å²) in [5.74, 6) is 1.82. The molecule has 6 nitrogen and oxygen atoms in total. The van der Waals surface area contributed by atoms with Crippen LogP contribution in [-0.4, -0.2) is 71.1 Å². The minimum absolute atomic E-state index is 0.0000468. The molecule has 2 spiro atoms. The first-order valence-electron chi connectivity index (χ1n) is 17.2. The topological polar surface area (TPSA) is 73.2 Å². The molecule has 2 N–H and O–H groups in total. The maximum absolute atomic E-state index is 13.3. The normalized spacial score (nSPS) is 49.0. The molecule has 5 aliphatic carbocycles. The number of aliphatic hydroxyl groups is 2. The summed E-state index contributed by atoms with van der Waals surface area (Å²) in [6, 6.07) is 10.2. The summed E-state index contributed by atoms with van der Waals surface area (Å²) in [6.45, 7) is 13.1. The predicted molar refractivity (Wildman–Crippen MR) is 168 cm³/mol. The molecule has 6 fully saturated rings. The van der Waals surface area contributed by atoms with Gasteiger partial charge in [0.2, 0.25) is 0 Å². The molecule has 1 aromatic carbocycles. The molecular weight excluding hydrogens is 536 g/mol. The summed E-state index contributed by atoms with van der Waals surface area (Å²) < 4.78 is 7.00. The van der Waals surface area contributed by atoms with Gasteiger partial charge in [-0.3, -0.25) is 0 Å². The van der Waals surface area contributed by atoms with Crippen LogP contribution < -0.4 is 0 Å². The number of aliphatic hydroxyl groups excluding tert-OH is 2. The first kappa shape index (κ1) is 30.0. The smallest absolute Gasteiger partial charge is 0.319 e. The summed E-state index contributed by atoms with van der Waals surface area (Å²) in [5.41, 5.74) is 1.57. The van der Waals surface area contributed by atoms with Gasteiger partial charge in [0, 0.05) is 32.6 Å². The number of nitrogens with zero attached hydrogens (tertiary/aromatic N) is 2. The number of ether oxygens (including phenoxy) is 1. The molecule has 238 valence electrons. The van der Waals surface area contributed by atoms with E-state index in [0.29, 0.717) is 47.6 Å². The molecule has 1 saturated heterocycles. The lowest BCUT2D eigenvalue weighted by molar-refractivity contribution is -0.182. The van der Waals surface area contributed by atoms with E-state index in [-0.39, 0.29) is 40.6 Å². The molecule has 1 aromatic rings. The van der Waals surface area contributed by atoms with E-state index in [9.17, 15) is 15.0 Å². The molecule has 6 aliphatic rings. The van der Waals surface area contributed by atoms with E-state index in [4.69, 9.17) is 4.74 Å². The van der Waals surface area contributed by atoms with E-state index in [1.807, 2.05) is 37.2 Å². The van der Waals surface area contributed by atoms with Crippen LogP contribution in [0, 0.1) is 50.7 Å². The molecule has 12 unspecified atom stereocenters. The third-order valence-electron chi connectivity index (χ3n) is 15.1. The second-order valence-electron chi connectivity index (χ2n) is 17.2. The van der Waals surface area contributed by atoms with Crippen molar-refractivity contribution >= 4 is 6.03 Å². The largest absolute Gasteiger partial charge is 0.393 e. The van der Waals surface area contributed by atoms with Gasteiger partial charge in [-0.25, -0.2) is 4.79 Å². The highest BCUT2D eigenvalue weighted by molar-refractivity contribution is 5.73. The van der Waals surface area contributed by atoms with Crippen molar-refractivity contribution < 1.29 is 19.7 Å². The second-order valence-corrected chi connectivity index (χ2v) is 17.2. The average molecular weight is 593 g/mol. The Morgan fingerprint density at radius 1 is 0.953 bits per heavy atom. The van der Waals surface area contributed by atoms with Crippen LogP contribution in [0.4, 0.5) is 4.79 Å². The van der Waals surface area contributed by atoms with Crippen molar-refractivity contribution in [3.8, 4) is 0 Å². The lowest BCUT2D eigenvalue weighted by Gasteiger charge is -2.63. The standard InChI is InChI=1S/C37H56N2O4/c1-23-19-25(21-39(32(42)38(6)7)20-24-11-9-8-10-12-24)43-30-29(23)34(4)17-18-37-22-36(37)16-15-28(40)33(2,3)26(36)13-14-27(37)35(34,5)31(30)41/h8-12,23,25-31,40-41H,13-22H2,1-7H3. The fourth-order valence-electron chi connectivity index (χ4n) is 13.1. The summed E-state index contributed by atoms with van der Waals surface area (Å²) in [4.78, 5) is 16.9. The number of amides is 2. The minimum Gasteiger partial charge on any atom is -0.393 e. The van der Waals surface area contributed by atoms with Crippen LogP contribution in [0.3, 0.4) is 0 Å². The van der Waals surface area contributed by atoms with E-state index in [2.05, 4.69) is 46.8 Å². The third-order valence-corrected chi connectivity index (χ3v) is 15.1. The Bertz CT molecular complexity index is 1250. The molecule has 43 heavy (non-hydrogen) atoms. The molecule has 0 aromatic heterocycles. The van der Waals surface area contributed by atoms with Crippen LogP contribution in [0.5, 0.6) is 0 Å². The van der Waals surface area contributed by atoms with Gasteiger partial charge in [0.15, 0.2) is 0 Å². The second kappa shape index (κ2) is 9.69. The molecule has 0 bridgehead atoms. The summed E-state index contributed by atoms with van der Waals surface area (Å²) in [7, 11) is 3.63. The zero-order chi connectivity index (χ0) is 30.7. The van der Waals surface area contributed by atoms with E-state index < -0.39 is 6.10 Å². The fraction of sp³-hybridized carbons (Fsp3) is 0.811. The fourth-order valence-corrected chi connectivity index (χ4v) is 13.1. The van der Waals surface area contributed by atoms with Gasteiger partial charge >= 0.3 is 6.03 Å². The highest BCUT2D eigenvalue weighted by atomic mass is 16.5. The van der Waals surface area contributed by atoms with Gasteiger partial charge in [-0.1, -0.05) is 65.0 Å². The lowest BCUT2D eigenvalue weighted by atomic mass is 9.41. The van der Waals surface area contributed by atoms with Crippen molar-refractivity contribution in [1.29, 1.82) is 0 Å². The minimum atomic E-state index is -0.501. The molecule has 6 heteroatoms. The Morgan fingerprint density at radius 3 is 2.33 bits per heavy atom. The van der Waals surface area contributed by atoms with E-state index in [1.165, 1.54) is 19.3 Å². The number of fused-ring (bicyclic) bond motifs is 4. The first-order chi connectivity index (χ1) is 20.2. The Kier molecular flexibility index (Phi) is 6.77. The van der Waals surface area contributed by atoms with Crippen molar-refractivity contribution in [3.05, 3.63) is 35.9 Å². The lowest BCUT2D eigenvalue weighted by Crippen LogP contribution is -2.59. The Hall–Kier alpha value is -1.63. The first-order valence-corrected chi connectivity index (χ1v) is 17.2. The van der Waals surface area contributed by atoms with Crippen molar-refractivity contribution in [2.24, 2.45) is 50.7 Å². The van der Waals surface area contributed by atoms with Gasteiger partial charge in [-0.15, -0.1) is 0 Å². The van der Waals surface area contributed by atoms with Crippen LogP contribution in [0.2, 0.25) is 0 Å². The quantitative estimate of drug-likeness (QED) is 0.428. The number of hydrogen-bond donors (Lipinski definition) is 2. The molecule has 2 amide bonds. The molecular formula is C37H56N2O4. The van der Waals surface area contributed by atoms with E-state index >= 15 is 0 Å². The van der Waals surface area contributed by atoms with Gasteiger partial charge in [0.25, 0.3) is 0 Å². The van der Waals surface area contributed by atoms with Gasteiger partial charge in [-0.05, 0) is 102 Å². The van der Waals surface area contributed by atoms with Gasteiger partial charge in [-0.2, -0.15) is 0 Å². The molecule has 1 heterocycles. The SMILES string of the molecule is CC1CC(CN(Cc2ccccc2)C(=O)N(C)C)OC2C1C1(C)CCC34CC35CCC(O)C(C)(C)C5CCC4C1(C)C2O. The summed E-state index contributed by atoms with van der Waals surface area (Å²) >= 11 is 0. The zero-order valence-electron chi connectivity index (χ0n) is 27.7. The zero-order valence-corrected chi connectivity index (χ0v) is 27.7. The van der Waals surface area contributed by atoms with E-state index in [0.717, 1.165) is 37.7 Å². The van der Waals surface area contributed by atoms with Crippen LogP contribution in [-0.2, 0) is 11.3 Å². The highest BCUT2D eigenvalue weighted by Gasteiger charge is 2.84. The van der Waals surface area contributed by atoms with Gasteiger partial charge < -0.3 is 24.7 Å². The van der Waals surface area contributed by atoms with Crippen molar-refractivity contribution in [1.82, 2.24) is 9.80 Å². The van der Waals surface area contributed by atoms with Crippen molar-refractivity contribution in [3.63, 3.8) is 0 Å². The van der Waals surface area contributed by atoms with Crippen molar-refractivity contribution in [2.75, 3.05) is 20.6 Å². The van der Waals surface area contributed by atoms with Crippen LogP contribution in [0.15, 0.2) is 30.3 Å². The molecule has 12 atom stereocenters. The summed E-state index contributed by atoms with van der Waals surface area (Å²) in [6.07, 6.45) is 8.05. The van der Waals surface area contributed by atoms with Crippen LogP contribution in [0.25, 0.3) is 0 Å². The highest BCUT2D eigenvalue weighted by Crippen LogP contribution is 2.89. The van der Waals surface area contributed by atoms with Crippen LogP contribution >= 0.6 is 0 Å². The van der Waals surface area contributed by atoms with Crippen LogP contribution in [0.1, 0.15) is 91.5 Å². The monoisotopic (exact) mass is 592 g/mol. The maximum Gasteiger partial charge on any atom is 0.319 e. The predicted octanol–water partition coefficient (Wildman–Crippen LogP) is 6.34. The number of carbonyl (C=O) groups is 1. The average Bonchev–Trinajstić information content (AvgIpc) is 3.60. The third kappa shape index (κ3) is 3.84. The Morgan fingerprint density at radius 2 is 1.63 bits per heavy atom. The maximum atomic E-state index is 13.3. The molecule has 0 radical (unpaired) electrons.